The minimum atomic E-state index is -0.385. The highest BCUT2D eigenvalue weighted by Crippen LogP contribution is 2.37. The predicted molar refractivity (Wildman–Crippen MR) is 92.5 cm³/mol. The number of hydrogen-bond donors (Lipinski definition) is 2. The molecule has 3 rings (SSSR count). The van der Waals surface area contributed by atoms with E-state index >= 15 is 0 Å². The van der Waals surface area contributed by atoms with Crippen LogP contribution < -0.4 is 10.6 Å². The highest BCUT2D eigenvalue weighted by molar-refractivity contribution is 5.88. The van der Waals surface area contributed by atoms with Crippen molar-refractivity contribution in [2.75, 3.05) is 26.2 Å². The zero-order chi connectivity index (χ0) is 15.6. The number of nitrogens with zero attached hydrogens (tertiary/aromatic N) is 1. The molecule has 1 atom stereocenters. The van der Waals surface area contributed by atoms with E-state index in [1.165, 1.54) is 6.42 Å². The zero-order valence-electron chi connectivity index (χ0n) is 14.1. The molecular formula is C17H30ClN3O2. The van der Waals surface area contributed by atoms with Gasteiger partial charge in [0.2, 0.25) is 11.8 Å². The molecule has 2 N–H and O–H groups in total. The average Bonchev–Trinajstić information content (AvgIpc) is 3.19. The van der Waals surface area contributed by atoms with E-state index in [0.29, 0.717) is 5.41 Å². The Bertz CT molecular complexity index is 422. The molecule has 2 heterocycles. The van der Waals surface area contributed by atoms with Crippen LogP contribution in [0.1, 0.15) is 51.9 Å². The predicted octanol–water partition coefficient (Wildman–Crippen LogP) is 1.71. The van der Waals surface area contributed by atoms with Gasteiger partial charge in [0.25, 0.3) is 0 Å². The Kier molecular flexibility index (Phi) is 6.32. The Morgan fingerprint density at radius 1 is 1.17 bits per heavy atom. The second-order valence-electron chi connectivity index (χ2n) is 7.46. The first kappa shape index (κ1) is 18.5. The van der Waals surface area contributed by atoms with Crippen molar-refractivity contribution in [3.05, 3.63) is 0 Å². The summed E-state index contributed by atoms with van der Waals surface area (Å²) in [7, 11) is 0. The molecule has 0 radical (unpaired) electrons. The van der Waals surface area contributed by atoms with Gasteiger partial charge in [-0.15, -0.1) is 12.4 Å². The van der Waals surface area contributed by atoms with E-state index in [0.717, 1.165) is 64.7 Å². The molecule has 0 aromatic carbocycles. The standard InChI is InChI=1S/C17H29N3O2.ClH/c1-13(19-15(21)14-4-2-3-5-14)16(22)20-10-7-17(8-11-20)6-9-18-12-17;/h13-14,18H,2-12H2,1H3,(H,19,21);1H. The van der Waals surface area contributed by atoms with Crippen molar-refractivity contribution in [3.8, 4) is 0 Å². The zero-order valence-corrected chi connectivity index (χ0v) is 14.9. The van der Waals surface area contributed by atoms with Gasteiger partial charge in [0.1, 0.15) is 6.04 Å². The number of halogens is 1. The van der Waals surface area contributed by atoms with Crippen molar-refractivity contribution in [2.24, 2.45) is 11.3 Å². The number of piperidine rings is 1. The van der Waals surface area contributed by atoms with Gasteiger partial charge in [0, 0.05) is 25.6 Å². The highest BCUT2D eigenvalue weighted by atomic mass is 35.5. The van der Waals surface area contributed by atoms with Gasteiger partial charge in [0.05, 0.1) is 0 Å². The second-order valence-corrected chi connectivity index (χ2v) is 7.46. The van der Waals surface area contributed by atoms with E-state index in [1.54, 1.807) is 0 Å². The quantitative estimate of drug-likeness (QED) is 0.820. The molecule has 132 valence electrons. The molecule has 0 bridgehead atoms. The van der Waals surface area contributed by atoms with Crippen molar-refractivity contribution in [1.82, 2.24) is 15.5 Å². The molecule has 23 heavy (non-hydrogen) atoms. The van der Waals surface area contributed by atoms with Crippen LogP contribution in [0.3, 0.4) is 0 Å². The molecule has 3 fully saturated rings. The van der Waals surface area contributed by atoms with Crippen LogP contribution in [-0.4, -0.2) is 48.9 Å². The number of hydrogen-bond acceptors (Lipinski definition) is 3. The summed E-state index contributed by atoms with van der Waals surface area (Å²) in [6.07, 6.45) is 7.66. The number of rotatable bonds is 3. The van der Waals surface area contributed by atoms with Crippen LogP contribution >= 0.6 is 12.4 Å². The third kappa shape index (κ3) is 4.18. The van der Waals surface area contributed by atoms with Gasteiger partial charge in [-0.2, -0.15) is 0 Å². The smallest absolute Gasteiger partial charge is 0.244 e. The SMILES string of the molecule is CC(NC(=O)C1CCCC1)C(=O)N1CCC2(CCNC2)CC1.Cl. The molecular weight excluding hydrogens is 314 g/mol. The Hall–Kier alpha value is -0.810. The van der Waals surface area contributed by atoms with Crippen molar-refractivity contribution in [1.29, 1.82) is 0 Å². The van der Waals surface area contributed by atoms with E-state index in [9.17, 15) is 9.59 Å². The molecule has 3 aliphatic rings. The van der Waals surface area contributed by atoms with Gasteiger partial charge in [-0.05, 0) is 51.0 Å². The molecule has 1 aliphatic carbocycles. The summed E-state index contributed by atoms with van der Waals surface area (Å²) in [6.45, 7) is 5.72. The fraction of sp³-hybridized carbons (Fsp3) is 0.882. The topological polar surface area (TPSA) is 61.4 Å². The summed E-state index contributed by atoms with van der Waals surface area (Å²) in [4.78, 5) is 26.7. The van der Waals surface area contributed by atoms with E-state index in [1.807, 2.05) is 11.8 Å². The Morgan fingerprint density at radius 3 is 2.39 bits per heavy atom. The lowest BCUT2D eigenvalue weighted by molar-refractivity contribution is -0.138. The van der Waals surface area contributed by atoms with E-state index in [2.05, 4.69) is 10.6 Å². The molecule has 6 heteroatoms. The molecule has 5 nitrogen and oxygen atoms in total. The summed E-state index contributed by atoms with van der Waals surface area (Å²) in [5.74, 6) is 0.295. The summed E-state index contributed by atoms with van der Waals surface area (Å²) in [5, 5.41) is 6.38. The van der Waals surface area contributed by atoms with Gasteiger partial charge >= 0.3 is 0 Å². The molecule has 0 aromatic rings. The van der Waals surface area contributed by atoms with Crippen molar-refractivity contribution < 1.29 is 9.59 Å². The maximum Gasteiger partial charge on any atom is 0.244 e. The summed E-state index contributed by atoms with van der Waals surface area (Å²) < 4.78 is 0. The Labute approximate surface area is 145 Å². The lowest BCUT2D eigenvalue weighted by atomic mass is 9.78. The van der Waals surface area contributed by atoms with E-state index < -0.39 is 0 Å². The fourth-order valence-electron chi connectivity index (χ4n) is 4.28. The second kappa shape index (κ2) is 7.84. The monoisotopic (exact) mass is 343 g/mol. The number of carbonyl (C=O) groups excluding carboxylic acids is 2. The minimum absolute atomic E-state index is 0. The lowest BCUT2D eigenvalue weighted by Crippen LogP contribution is -2.52. The Morgan fingerprint density at radius 2 is 1.83 bits per heavy atom. The van der Waals surface area contributed by atoms with Crippen molar-refractivity contribution in [2.45, 2.75) is 57.9 Å². The van der Waals surface area contributed by atoms with Crippen LogP contribution in [-0.2, 0) is 9.59 Å². The maximum absolute atomic E-state index is 12.5. The van der Waals surface area contributed by atoms with Gasteiger partial charge in [-0.1, -0.05) is 12.8 Å². The van der Waals surface area contributed by atoms with Crippen molar-refractivity contribution in [3.63, 3.8) is 0 Å². The minimum Gasteiger partial charge on any atom is -0.344 e. The molecule has 1 unspecified atom stereocenters. The van der Waals surface area contributed by atoms with E-state index in [4.69, 9.17) is 0 Å². The van der Waals surface area contributed by atoms with Crippen LogP contribution in [0.15, 0.2) is 0 Å². The van der Waals surface area contributed by atoms with Gasteiger partial charge in [0.15, 0.2) is 0 Å². The number of amides is 2. The summed E-state index contributed by atoms with van der Waals surface area (Å²) in [6, 6.07) is -0.385. The van der Waals surface area contributed by atoms with Crippen LogP contribution in [0.5, 0.6) is 0 Å². The molecule has 2 aliphatic heterocycles. The largest absolute Gasteiger partial charge is 0.344 e. The molecule has 1 spiro atoms. The molecule has 2 saturated heterocycles. The lowest BCUT2D eigenvalue weighted by Gasteiger charge is -2.39. The Balaban J connectivity index is 0.00000192. The van der Waals surface area contributed by atoms with Crippen LogP contribution in [0.4, 0.5) is 0 Å². The third-order valence-electron chi connectivity index (χ3n) is 5.92. The maximum atomic E-state index is 12.5. The first-order chi connectivity index (χ1) is 10.6. The number of nitrogens with one attached hydrogen (secondary N) is 2. The van der Waals surface area contributed by atoms with Crippen LogP contribution in [0.2, 0.25) is 0 Å². The van der Waals surface area contributed by atoms with Gasteiger partial charge < -0.3 is 15.5 Å². The van der Waals surface area contributed by atoms with Crippen LogP contribution in [0, 0.1) is 11.3 Å². The van der Waals surface area contributed by atoms with Crippen LogP contribution in [0.25, 0.3) is 0 Å². The van der Waals surface area contributed by atoms with Gasteiger partial charge in [-0.3, -0.25) is 9.59 Å². The first-order valence-corrected chi connectivity index (χ1v) is 8.90. The first-order valence-electron chi connectivity index (χ1n) is 8.90. The number of carbonyl (C=O) groups is 2. The van der Waals surface area contributed by atoms with Gasteiger partial charge in [-0.25, -0.2) is 0 Å². The molecule has 2 amide bonds. The third-order valence-corrected chi connectivity index (χ3v) is 5.92. The normalized spacial score (nSPS) is 25.2. The van der Waals surface area contributed by atoms with Crippen molar-refractivity contribution >= 4 is 24.2 Å². The fourth-order valence-corrected chi connectivity index (χ4v) is 4.28. The molecule has 0 aromatic heterocycles. The molecule has 1 saturated carbocycles. The number of likely N-dealkylation sites (tertiary alicyclic amines) is 1. The summed E-state index contributed by atoms with van der Waals surface area (Å²) >= 11 is 0. The summed E-state index contributed by atoms with van der Waals surface area (Å²) in [5.41, 5.74) is 0.424. The average molecular weight is 344 g/mol. The highest BCUT2D eigenvalue weighted by Gasteiger charge is 2.39. The van der Waals surface area contributed by atoms with E-state index in [-0.39, 0.29) is 36.2 Å².